The lowest BCUT2D eigenvalue weighted by molar-refractivity contribution is 0.302. The van der Waals surface area contributed by atoms with Gasteiger partial charge in [-0.05, 0) is 87.6 Å². The van der Waals surface area contributed by atoms with Crippen molar-refractivity contribution in [3.8, 4) is 0 Å². The first-order chi connectivity index (χ1) is 8.46. The largest absolute Gasteiger partial charge is 0.314 e. The highest BCUT2D eigenvalue weighted by Crippen LogP contribution is 2.35. The number of aryl methyl sites for hydroxylation is 1. The van der Waals surface area contributed by atoms with Gasteiger partial charge < -0.3 is 5.32 Å². The van der Waals surface area contributed by atoms with Gasteiger partial charge in [0.1, 0.15) is 0 Å². The maximum atomic E-state index is 3.64. The summed E-state index contributed by atoms with van der Waals surface area (Å²) in [6.07, 6.45) is 6.46. The van der Waals surface area contributed by atoms with Crippen molar-refractivity contribution in [2.45, 2.75) is 52.0 Å². The maximum Gasteiger partial charge on any atom is 0.0742 e. The van der Waals surface area contributed by atoms with Crippen LogP contribution in [-0.4, -0.2) is 12.6 Å². The lowest BCUT2D eigenvalue weighted by atomic mass is 9.83. The van der Waals surface area contributed by atoms with E-state index in [4.69, 9.17) is 0 Å². The molecule has 2 rings (SSSR count). The molecule has 1 aromatic rings. The van der Waals surface area contributed by atoms with Gasteiger partial charge in [-0.25, -0.2) is 0 Å². The van der Waals surface area contributed by atoms with Crippen molar-refractivity contribution in [1.29, 1.82) is 0 Å². The Bertz CT molecular complexity index is 396. The van der Waals surface area contributed by atoms with Gasteiger partial charge in [-0.2, -0.15) is 0 Å². The standard InChI is InChI=1S/C14H21Br2NS/c1-14(2,7-8-17-11-3-4-11)6-5-10-9-12(15)18-13(10)16/h9,11,17H,3-8H2,1-2H3. The molecule has 1 aromatic heterocycles. The zero-order valence-corrected chi connectivity index (χ0v) is 15.1. The number of halogens is 2. The molecule has 0 aromatic carbocycles. The fourth-order valence-corrected chi connectivity index (χ4v) is 4.96. The zero-order chi connectivity index (χ0) is 13.2. The van der Waals surface area contributed by atoms with Gasteiger partial charge in [0.05, 0.1) is 7.57 Å². The van der Waals surface area contributed by atoms with Gasteiger partial charge >= 0.3 is 0 Å². The van der Waals surface area contributed by atoms with Crippen LogP contribution in [0.15, 0.2) is 13.6 Å². The van der Waals surface area contributed by atoms with Crippen LogP contribution in [0.2, 0.25) is 0 Å². The van der Waals surface area contributed by atoms with Crippen LogP contribution in [0.3, 0.4) is 0 Å². The van der Waals surface area contributed by atoms with Crippen LogP contribution >= 0.6 is 43.2 Å². The van der Waals surface area contributed by atoms with E-state index in [1.54, 1.807) is 11.3 Å². The van der Waals surface area contributed by atoms with E-state index in [0.29, 0.717) is 5.41 Å². The van der Waals surface area contributed by atoms with E-state index in [-0.39, 0.29) is 0 Å². The first-order valence-corrected chi connectivity index (χ1v) is 9.04. The summed E-state index contributed by atoms with van der Waals surface area (Å²) >= 11 is 8.96. The Morgan fingerprint density at radius 2 is 2.06 bits per heavy atom. The second-order valence-corrected chi connectivity index (χ2v) is 9.74. The highest BCUT2D eigenvalue weighted by molar-refractivity contribution is 9.12. The molecule has 1 fully saturated rings. The first kappa shape index (κ1) is 15.0. The Hall–Kier alpha value is 0.620. The van der Waals surface area contributed by atoms with Crippen molar-refractivity contribution >= 4 is 43.2 Å². The van der Waals surface area contributed by atoms with E-state index < -0.39 is 0 Å². The van der Waals surface area contributed by atoms with Crippen molar-refractivity contribution in [3.05, 3.63) is 19.2 Å². The van der Waals surface area contributed by atoms with Gasteiger partial charge in [-0.3, -0.25) is 0 Å². The molecular formula is C14H21Br2NS. The smallest absolute Gasteiger partial charge is 0.0742 e. The third kappa shape index (κ3) is 4.95. The third-order valence-electron chi connectivity index (χ3n) is 3.61. The Labute approximate surface area is 131 Å². The summed E-state index contributed by atoms with van der Waals surface area (Å²) in [6.45, 7) is 5.94. The minimum atomic E-state index is 0.426. The van der Waals surface area contributed by atoms with Crippen LogP contribution in [0.5, 0.6) is 0 Å². The van der Waals surface area contributed by atoms with Gasteiger partial charge in [-0.1, -0.05) is 13.8 Å². The van der Waals surface area contributed by atoms with Crippen molar-refractivity contribution < 1.29 is 0 Å². The van der Waals surface area contributed by atoms with Crippen LogP contribution in [0.1, 0.15) is 45.1 Å². The van der Waals surface area contributed by atoms with Crippen LogP contribution < -0.4 is 5.32 Å². The number of hydrogen-bond donors (Lipinski definition) is 1. The van der Waals surface area contributed by atoms with E-state index in [1.165, 1.54) is 51.8 Å². The molecule has 0 atom stereocenters. The molecule has 1 nitrogen and oxygen atoms in total. The summed E-state index contributed by atoms with van der Waals surface area (Å²) in [5.74, 6) is 0. The first-order valence-electron chi connectivity index (χ1n) is 6.63. The SMILES string of the molecule is CC(C)(CCNC1CC1)CCc1cc(Br)sc1Br. The number of nitrogens with one attached hydrogen (secondary N) is 1. The van der Waals surface area contributed by atoms with Crippen molar-refractivity contribution in [2.24, 2.45) is 5.41 Å². The molecule has 1 N–H and O–H groups in total. The van der Waals surface area contributed by atoms with E-state index in [9.17, 15) is 0 Å². The van der Waals surface area contributed by atoms with Crippen molar-refractivity contribution in [3.63, 3.8) is 0 Å². The molecule has 0 amide bonds. The van der Waals surface area contributed by atoms with Crippen molar-refractivity contribution in [2.75, 3.05) is 6.54 Å². The minimum absolute atomic E-state index is 0.426. The molecule has 1 saturated carbocycles. The van der Waals surface area contributed by atoms with Crippen LogP contribution in [0.25, 0.3) is 0 Å². The summed E-state index contributed by atoms with van der Waals surface area (Å²) in [5, 5.41) is 3.61. The third-order valence-corrected chi connectivity index (χ3v) is 6.07. The molecule has 18 heavy (non-hydrogen) atoms. The van der Waals surface area contributed by atoms with Gasteiger partial charge in [0, 0.05) is 6.04 Å². The zero-order valence-electron chi connectivity index (χ0n) is 11.1. The van der Waals surface area contributed by atoms with E-state index in [2.05, 4.69) is 57.1 Å². The molecule has 0 aliphatic heterocycles. The maximum absolute atomic E-state index is 3.64. The average molecular weight is 395 g/mol. The molecule has 0 radical (unpaired) electrons. The predicted molar refractivity (Wildman–Crippen MR) is 87.5 cm³/mol. The van der Waals surface area contributed by atoms with Crippen LogP contribution in [0.4, 0.5) is 0 Å². The normalized spacial score (nSPS) is 16.2. The molecule has 4 heteroatoms. The molecule has 0 unspecified atom stereocenters. The lowest BCUT2D eigenvalue weighted by Gasteiger charge is -2.24. The lowest BCUT2D eigenvalue weighted by Crippen LogP contribution is -2.24. The molecule has 1 heterocycles. The Balaban J connectivity index is 1.74. The summed E-state index contributed by atoms with van der Waals surface area (Å²) in [7, 11) is 0. The predicted octanol–water partition coefficient (Wildman–Crippen LogP) is 5.37. The van der Waals surface area contributed by atoms with E-state index in [0.717, 1.165) is 6.04 Å². The van der Waals surface area contributed by atoms with Gasteiger partial charge in [-0.15, -0.1) is 11.3 Å². The molecule has 1 aliphatic rings. The minimum Gasteiger partial charge on any atom is -0.314 e. The van der Waals surface area contributed by atoms with E-state index in [1.807, 2.05) is 0 Å². The van der Waals surface area contributed by atoms with Crippen LogP contribution in [0, 0.1) is 5.41 Å². The van der Waals surface area contributed by atoms with Gasteiger partial charge in [0.15, 0.2) is 0 Å². The summed E-state index contributed by atoms with van der Waals surface area (Å²) < 4.78 is 2.50. The van der Waals surface area contributed by atoms with E-state index >= 15 is 0 Å². The Kier molecular flexibility index (Phi) is 5.32. The van der Waals surface area contributed by atoms with Gasteiger partial charge in [0.25, 0.3) is 0 Å². The topological polar surface area (TPSA) is 12.0 Å². The number of hydrogen-bond acceptors (Lipinski definition) is 2. The quantitative estimate of drug-likeness (QED) is 0.654. The number of rotatable bonds is 7. The summed E-state index contributed by atoms with van der Waals surface area (Å²) in [6, 6.07) is 3.08. The average Bonchev–Trinajstić information content (AvgIpc) is 3.02. The second kappa shape index (κ2) is 6.38. The summed E-state index contributed by atoms with van der Waals surface area (Å²) in [4.78, 5) is 0. The Morgan fingerprint density at radius 1 is 1.33 bits per heavy atom. The highest BCUT2D eigenvalue weighted by Gasteiger charge is 2.23. The molecule has 102 valence electrons. The molecule has 0 spiro atoms. The fourth-order valence-electron chi connectivity index (χ4n) is 2.04. The molecular weight excluding hydrogens is 374 g/mol. The van der Waals surface area contributed by atoms with Crippen LogP contribution in [-0.2, 0) is 6.42 Å². The monoisotopic (exact) mass is 393 g/mol. The van der Waals surface area contributed by atoms with Gasteiger partial charge in [0.2, 0.25) is 0 Å². The fraction of sp³-hybridized carbons (Fsp3) is 0.714. The van der Waals surface area contributed by atoms with Crippen molar-refractivity contribution in [1.82, 2.24) is 5.32 Å². The Morgan fingerprint density at radius 3 is 2.61 bits per heavy atom. The highest BCUT2D eigenvalue weighted by atomic mass is 79.9. The molecule has 1 aliphatic carbocycles. The molecule has 0 bridgehead atoms. The summed E-state index contributed by atoms with van der Waals surface area (Å²) in [5.41, 5.74) is 1.87. The second-order valence-electron chi connectivity index (χ2n) is 5.99. The number of thiophene rings is 1. The molecule has 0 saturated heterocycles.